The highest BCUT2D eigenvalue weighted by molar-refractivity contribution is 9.10. The van der Waals surface area contributed by atoms with Crippen LogP contribution in [0.2, 0.25) is 5.02 Å². The standard InChI is InChI=1S/C15H11BrClFN2/c1-15(9-19,13-6-5-10(16)7-14(13)18)20-12-4-2-3-11(17)8-12/h2-8,20H,1H3. The molecular weight excluding hydrogens is 343 g/mol. The van der Waals surface area contributed by atoms with Crippen LogP contribution in [0.4, 0.5) is 10.1 Å². The summed E-state index contributed by atoms with van der Waals surface area (Å²) in [6.45, 7) is 1.63. The summed E-state index contributed by atoms with van der Waals surface area (Å²) in [5.74, 6) is -0.446. The van der Waals surface area contributed by atoms with Crippen LogP contribution in [0.1, 0.15) is 12.5 Å². The van der Waals surface area contributed by atoms with Gasteiger partial charge in [-0.2, -0.15) is 5.26 Å². The Morgan fingerprint density at radius 3 is 2.65 bits per heavy atom. The summed E-state index contributed by atoms with van der Waals surface area (Å²) in [4.78, 5) is 0. The Kier molecular flexibility index (Phi) is 4.32. The molecule has 1 atom stereocenters. The highest BCUT2D eigenvalue weighted by Crippen LogP contribution is 2.30. The van der Waals surface area contributed by atoms with Crippen LogP contribution < -0.4 is 5.32 Å². The van der Waals surface area contributed by atoms with Crippen molar-refractivity contribution in [2.24, 2.45) is 0 Å². The van der Waals surface area contributed by atoms with Gasteiger partial charge in [-0.05, 0) is 37.3 Å². The molecule has 0 fully saturated rings. The SMILES string of the molecule is CC(C#N)(Nc1cccc(Cl)c1)c1ccc(Br)cc1F. The Bertz CT molecular complexity index is 684. The van der Waals surface area contributed by atoms with Crippen LogP contribution >= 0.6 is 27.5 Å². The Labute approximate surface area is 130 Å². The molecule has 0 bridgehead atoms. The fraction of sp³-hybridized carbons (Fsp3) is 0.133. The number of nitriles is 1. The normalized spacial score (nSPS) is 13.3. The molecule has 0 amide bonds. The van der Waals surface area contributed by atoms with E-state index in [2.05, 4.69) is 27.3 Å². The van der Waals surface area contributed by atoms with Crippen LogP contribution in [-0.4, -0.2) is 0 Å². The van der Waals surface area contributed by atoms with Crippen LogP contribution in [0.5, 0.6) is 0 Å². The summed E-state index contributed by atoms with van der Waals surface area (Å²) in [6.07, 6.45) is 0. The summed E-state index contributed by atoms with van der Waals surface area (Å²) in [6, 6.07) is 13.7. The van der Waals surface area contributed by atoms with Crippen LogP contribution in [0.3, 0.4) is 0 Å². The number of nitrogens with zero attached hydrogens (tertiary/aromatic N) is 1. The highest BCUT2D eigenvalue weighted by atomic mass is 79.9. The molecule has 0 saturated carbocycles. The Morgan fingerprint density at radius 2 is 2.05 bits per heavy atom. The molecule has 2 aromatic rings. The van der Waals surface area contributed by atoms with Gasteiger partial charge in [-0.3, -0.25) is 0 Å². The van der Waals surface area contributed by atoms with E-state index < -0.39 is 11.4 Å². The first kappa shape index (κ1) is 14.8. The van der Waals surface area contributed by atoms with Gasteiger partial charge in [-0.1, -0.05) is 39.7 Å². The molecule has 0 aliphatic heterocycles. The zero-order valence-electron chi connectivity index (χ0n) is 10.6. The first-order valence-electron chi connectivity index (χ1n) is 5.85. The third-order valence-corrected chi connectivity index (χ3v) is 3.64. The fourth-order valence-electron chi connectivity index (χ4n) is 1.91. The van der Waals surface area contributed by atoms with Crippen molar-refractivity contribution in [1.82, 2.24) is 0 Å². The number of rotatable bonds is 3. The van der Waals surface area contributed by atoms with E-state index >= 15 is 0 Å². The monoisotopic (exact) mass is 352 g/mol. The summed E-state index contributed by atoms with van der Waals surface area (Å²) in [5, 5.41) is 13.0. The van der Waals surface area contributed by atoms with Crippen LogP contribution in [-0.2, 0) is 5.54 Å². The van der Waals surface area contributed by atoms with Crippen molar-refractivity contribution in [2.45, 2.75) is 12.5 Å². The van der Waals surface area contributed by atoms with Crippen LogP contribution in [0, 0.1) is 17.1 Å². The lowest BCUT2D eigenvalue weighted by Crippen LogP contribution is -2.31. The Hall–Kier alpha value is -1.57. The minimum Gasteiger partial charge on any atom is -0.364 e. The molecule has 20 heavy (non-hydrogen) atoms. The van der Waals surface area contributed by atoms with Gasteiger partial charge in [0.1, 0.15) is 5.82 Å². The topological polar surface area (TPSA) is 35.8 Å². The Morgan fingerprint density at radius 1 is 1.30 bits per heavy atom. The smallest absolute Gasteiger partial charge is 0.151 e. The lowest BCUT2D eigenvalue weighted by Gasteiger charge is -2.25. The minimum absolute atomic E-state index is 0.281. The van der Waals surface area contributed by atoms with Crippen molar-refractivity contribution in [3.63, 3.8) is 0 Å². The van der Waals surface area contributed by atoms with Gasteiger partial charge in [-0.25, -0.2) is 4.39 Å². The van der Waals surface area contributed by atoms with E-state index in [0.717, 1.165) is 0 Å². The summed E-state index contributed by atoms with van der Waals surface area (Å²) in [7, 11) is 0. The molecular formula is C15H11BrClFN2. The van der Waals surface area contributed by atoms with Gasteiger partial charge >= 0.3 is 0 Å². The number of halogens is 3. The lowest BCUT2D eigenvalue weighted by molar-refractivity contribution is 0.570. The predicted molar refractivity (Wildman–Crippen MR) is 82.1 cm³/mol. The van der Waals surface area contributed by atoms with Gasteiger partial charge in [0.15, 0.2) is 5.54 Å². The van der Waals surface area contributed by atoms with Gasteiger partial charge in [-0.15, -0.1) is 0 Å². The molecule has 5 heteroatoms. The number of hydrogen-bond donors (Lipinski definition) is 1. The maximum Gasteiger partial charge on any atom is 0.151 e. The van der Waals surface area contributed by atoms with Crippen molar-refractivity contribution < 1.29 is 4.39 Å². The quantitative estimate of drug-likeness (QED) is 0.834. The second-order valence-corrected chi connectivity index (χ2v) is 5.85. The summed E-state index contributed by atoms with van der Waals surface area (Å²) >= 11 is 9.11. The van der Waals surface area contributed by atoms with Gasteiger partial charge in [0.25, 0.3) is 0 Å². The molecule has 1 unspecified atom stereocenters. The molecule has 2 rings (SSSR count). The first-order valence-corrected chi connectivity index (χ1v) is 7.02. The number of anilines is 1. The zero-order valence-corrected chi connectivity index (χ0v) is 13.0. The predicted octanol–water partition coefficient (Wildman–Crippen LogP) is 5.09. The van der Waals surface area contributed by atoms with Crippen molar-refractivity contribution in [2.75, 3.05) is 5.32 Å². The molecule has 0 saturated heterocycles. The van der Waals surface area contributed by atoms with E-state index in [9.17, 15) is 9.65 Å². The first-order chi connectivity index (χ1) is 9.44. The second kappa shape index (κ2) is 5.82. The summed E-state index contributed by atoms with van der Waals surface area (Å²) < 4.78 is 14.7. The van der Waals surface area contributed by atoms with E-state index in [-0.39, 0.29) is 5.56 Å². The third-order valence-electron chi connectivity index (χ3n) is 2.91. The van der Waals surface area contributed by atoms with Crippen LogP contribution in [0.25, 0.3) is 0 Å². The largest absolute Gasteiger partial charge is 0.364 e. The molecule has 0 heterocycles. The van der Waals surface area contributed by atoms with Crippen LogP contribution in [0.15, 0.2) is 46.9 Å². The molecule has 0 spiro atoms. The van der Waals surface area contributed by atoms with E-state index in [4.69, 9.17) is 11.6 Å². The summed E-state index contributed by atoms with van der Waals surface area (Å²) in [5.41, 5.74) is -0.248. The van der Waals surface area contributed by atoms with Gasteiger partial charge in [0.05, 0.1) is 6.07 Å². The van der Waals surface area contributed by atoms with Gasteiger partial charge < -0.3 is 5.32 Å². The fourth-order valence-corrected chi connectivity index (χ4v) is 2.43. The molecule has 102 valence electrons. The van der Waals surface area contributed by atoms with Crippen molar-refractivity contribution in [1.29, 1.82) is 5.26 Å². The molecule has 0 aliphatic carbocycles. The molecule has 0 radical (unpaired) electrons. The average Bonchev–Trinajstić information content (AvgIpc) is 2.38. The Balaban J connectivity index is 2.41. The second-order valence-electron chi connectivity index (χ2n) is 4.50. The van der Waals surface area contributed by atoms with E-state index in [0.29, 0.717) is 15.2 Å². The maximum absolute atomic E-state index is 14.1. The van der Waals surface area contributed by atoms with Gasteiger partial charge in [0, 0.05) is 20.7 Å². The third kappa shape index (κ3) is 3.12. The maximum atomic E-state index is 14.1. The molecule has 0 aliphatic rings. The van der Waals surface area contributed by atoms with Crippen molar-refractivity contribution >= 4 is 33.2 Å². The molecule has 1 N–H and O–H groups in total. The number of hydrogen-bond acceptors (Lipinski definition) is 2. The molecule has 2 nitrogen and oxygen atoms in total. The molecule has 0 aromatic heterocycles. The van der Waals surface area contributed by atoms with Crippen molar-refractivity contribution in [3.8, 4) is 6.07 Å². The van der Waals surface area contributed by atoms with E-state index in [1.165, 1.54) is 6.07 Å². The lowest BCUT2D eigenvalue weighted by atomic mass is 9.92. The number of benzene rings is 2. The van der Waals surface area contributed by atoms with E-state index in [1.54, 1.807) is 43.3 Å². The highest BCUT2D eigenvalue weighted by Gasteiger charge is 2.29. The van der Waals surface area contributed by atoms with Crippen molar-refractivity contribution in [3.05, 3.63) is 63.3 Å². The number of nitrogens with one attached hydrogen (secondary N) is 1. The zero-order chi connectivity index (χ0) is 14.8. The molecule has 2 aromatic carbocycles. The van der Waals surface area contributed by atoms with Gasteiger partial charge in [0.2, 0.25) is 0 Å². The van der Waals surface area contributed by atoms with E-state index in [1.807, 2.05) is 0 Å². The average molecular weight is 354 g/mol. The minimum atomic E-state index is -1.19.